The first kappa shape index (κ1) is 20.5. The number of morpholine rings is 1. The zero-order valence-corrected chi connectivity index (χ0v) is 19.7. The van der Waals surface area contributed by atoms with E-state index in [1.54, 1.807) is 11.8 Å². The second-order valence-electron chi connectivity index (χ2n) is 7.88. The van der Waals surface area contributed by atoms with Gasteiger partial charge in [0.05, 0.1) is 24.4 Å². The van der Waals surface area contributed by atoms with Crippen molar-refractivity contribution in [3.8, 4) is 0 Å². The molecule has 1 amide bonds. The average molecular weight is 464 g/mol. The molecule has 0 N–H and O–H groups in total. The van der Waals surface area contributed by atoms with E-state index in [1.165, 1.54) is 40.4 Å². The van der Waals surface area contributed by atoms with E-state index in [0.717, 1.165) is 33.6 Å². The number of carbonyl (C=O) groups is 1. The SMILES string of the molecule is CC(C)Sc1nc2sc3c(c2c2nnc(SCC(=O)N4CCOCC4)n12)CCCC3. The van der Waals surface area contributed by atoms with E-state index in [-0.39, 0.29) is 5.91 Å². The number of carbonyl (C=O) groups excluding carboxylic acids is 1. The van der Waals surface area contributed by atoms with Crippen LogP contribution >= 0.6 is 34.9 Å². The average Bonchev–Trinajstić information content (AvgIpc) is 3.33. The fraction of sp³-hybridized carbons (Fsp3) is 0.600. The zero-order chi connectivity index (χ0) is 20.7. The molecule has 4 heterocycles. The Morgan fingerprint density at radius 3 is 2.77 bits per heavy atom. The number of fused-ring (bicyclic) bond motifs is 5. The standard InChI is InChI=1S/C20H25N5O2S3/c1-12(2)29-19-21-18-16(13-5-3-4-6-14(13)30-18)17-22-23-20(25(17)19)28-11-15(26)24-7-9-27-10-8-24/h12H,3-11H2,1-2H3. The van der Waals surface area contributed by atoms with Crippen LogP contribution in [0.5, 0.6) is 0 Å². The van der Waals surface area contributed by atoms with Crippen LogP contribution in [-0.4, -0.2) is 67.7 Å². The highest BCUT2D eigenvalue weighted by molar-refractivity contribution is 8.00. The van der Waals surface area contributed by atoms with Gasteiger partial charge in [-0.3, -0.25) is 4.79 Å². The van der Waals surface area contributed by atoms with Crippen molar-refractivity contribution < 1.29 is 9.53 Å². The number of rotatable bonds is 5. The summed E-state index contributed by atoms with van der Waals surface area (Å²) in [6.07, 6.45) is 4.70. The maximum atomic E-state index is 12.6. The van der Waals surface area contributed by atoms with Gasteiger partial charge in [0.2, 0.25) is 5.91 Å². The first-order valence-corrected chi connectivity index (χ1v) is 13.1. The van der Waals surface area contributed by atoms with Gasteiger partial charge in [-0.2, -0.15) is 0 Å². The van der Waals surface area contributed by atoms with Crippen molar-refractivity contribution in [1.82, 2.24) is 24.5 Å². The molecule has 0 bridgehead atoms. The third-order valence-corrected chi connectivity index (χ3v) is 8.48. The van der Waals surface area contributed by atoms with Gasteiger partial charge in [-0.15, -0.1) is 21.5 Å². The van der Waals surface area contributed by atoms with Gasteiger partial charge in [-0.05, 0) is 31.2 Å². The van der Waals surface area contributed by atoms with E-state index in [9.17, 15) is 4.79 Å². The Balaban J connectivity index is 1.52. The lowest BCUT2D eigenvalue weighted by Gasteiger charge is -2.26. The Bertz CT molecular complexity index is 1090. The van der Waals surface area contributed by atoms with Crippen molar-refractivity contribution in [2.45, 2.75) is 55.1 Å². The molecule has 5 rings (SSSR count). The van der Waals surface area contributed by atoms with Crippen molar-refractivity contribution in [2.75, 3.05) is 32.1 Å². The molecule has 2 aliphatic rings. The van der Waals surface area contributed by atoms with Crippen LogP contribution < -0.4 is 0 Å². The normalized spacial score (nSPS) is 17.2. The molecule has 160 valence electrons. The zero-order valence-electron chi connectivity index (χ0n) is 17.2. The van der Waals surface area contributed by atoms with E-state index < -0.39 is 0 Å². The molecule has 7 nitrogen and oxygen atoms in total. The smallest absolute Gasteiger partial charge is 0.233 e. The summed E-state index contributed by atoms with van der Waals surface area (Å²) in [6.45, 7) is 6.90. The fourth-order valence-corrected chi connectivity index (χ4v) is 7.07. The summed E-state index contributed by atoms with van der Waals surface area (Å²) in [7, 11) is 0. The van der Waals surface area contributed by atoms with Crippen molar-refractivity contribution in [3.05, 3.63) is 10.4 Å². The third kappa shape index (κ3) is 3.83. The molecule has 1 aliphatic carbocycles. The van der Waals surface area contributed by atoms with Crippen LogP contribution in [0.3, 0.4) is 0 Å². The molecule has 3 aromatic heterocycles. The number of amides is 1. The minimum Gasteiger partial charge on any atom is -0.378 e. The van der Waals surface area contributed by atoms with Gasteiger partial charge < -0.3 is 9.64 Å². The molecule has 0 aromatic carbocycles. The van der Waals surface area contributed by atoms with Gasteiger partial charge in [-0.1, -0.05) is 37.4 Å². The van der Waals surface area contributed by atoms with Gasteiger partial charge in [0.1, 0.15) is 4.83 Å². The Kier molecular flexibility index (Phi) is 5.92. The fourth-order valence-electron chi connectivity index (χ4n) is 4.02. The third-order valence-electron chi connectivity index (χ3n) is 5.43. The molecule has 1 saturated heterocycles. The molecule has 1 fully saturated rings. The van der Waals surface area contributed by atoms with Crippen LogP contribution in [0.15, 0.2) is 10.3 Å². The lowest BCUT2D eigenvalue weighted by Crippen LogP contribution is -2.41. The van der Waals surface area contributed by atoms with Crippen molar-refractivity contribution in [1.29, 1.82) is 0 Å². The number of ether oxygens (including phenoxy) is 1. The van der Waals surface area contributed by atoms with E-state index in [1.807, 2.05) is 16.2 Å². The predicted molar refractivity (Wildman–Crippen MR) is 122 cm³/mol. The molecule has 0 radical (unpaired) electrons. The summed E-state index contributed by atoms with van der Waals surface area (Å²) in [5, 5.41) is 12.3. The minimum absolute atomic E-state index is 0.125. The second kappa shape index (κ2) is 8.64. The number of nitrogens with zero attached hydrogens (tertiary/aromatic N) is 5. The topological polar surface area (TPSA) is 72.6 Å². The largest absolute Gasteiger partial charge is 0.378 e. The summed E-state index contributed by atoms with van der Waals surface area (Å²) >= 11 is 5.00. The highest BCUT2D eigenvalue weighted by Crippen LogP contribution is 2.40. The van der Waals surface area contributed by atoms with Crippen molar-refractivity contribution in [3.63, 3.8) is 0 Å². The van der Waals surface area contributed by atoms with Gasteiger partial charge in [-0.25, -0.2) is 9.38 Å². The molecule has 10 heteroatoms. The number of hydrogen-bond donors (Lipinski definition) is 0. The molecule has 3 aromatic rings. The molecular formula is C20H25N5O2S3. The van der Waals surface area contributed by atoms with Crippen LogP contribution in [0.25, 0.3) is 15.9 Å². The Morgan fingerprint density at radius 1 is 1.17 bits per heavy atom. The predicted octanol–water partition coefficient (Wildman–Crippen LogP) is 3.67. The minimum atomic E-state index is 0.125. The number of aromatic nitrogens is 4. The van der Waals surface area contributed by atoms with Crippen LogP contribution in [0.2, 0.25) is 0 Å². The Labute approximate surface area is 188 Å². The molecule has 0 saturated carbocycles. The van der Waals surface area contributed by atoms with E-state index in [0.29, 0.717) is 37.3 Å². The van der Waals surface area contributed by atoms with Gasteiger partial charge in [0.15, 0.2) is 16.0 Å². The van der Waals surface area contributed by atoms with Crippen LogP contribution in [0.4, 0.5) is 0 Å². The van der Waals surface area contributed by atoms with Gasteiger partial charge in [0.25, 0.3) is 0 Å². The number of thiophene rings is 1. The number of thioether (sulfide) groups is 2. The second-order valence-corrected chi connectivity index (χ2v) is 11.4. The lowest BCUT2D eigenvalue weighted by atomic mass is 9.97. The van der Waals surface area contributed by atoms with Crippen LogP contribution in [0, 0.1) is 0 Å². The lowest BCUT2D eigenvalue weighted by molar-refractivity contribution is -0.132. The summed E-state index contributed by atoms with van der Waals surface area (Å²) in [5.74, 6) is 0.479. The molecule has 0 atom stereocenters. The first-order valence-electron chi connectivity index (χ1n) is 10.5. The van der Waals surface area contributed by atoms with Gasteiger partial charge >= 0.3 is 0 Å². The highest BCUT2D eigenvalue weighted by Gasteiger charge is 2.25. The van der Waals surface area contributed by atoms with Crippen LogP contribution in [-0.2, 0) is 22.4 Å². The van der Waals surface area contributed by atoms with Crippen molar-refractivity contribution >= 4 is 56.6 Å². The van der Waals surface area contributed by atoms with E-state index in [4.69, 9.17) is 9.72 Å². The van der Waals surface area contributed by atoms with Gasteiger partial charge in [0, 0.05) is 23.2 Å². The highest BCUT2D eigenvalue weighted by atomic mass is 32.2. The Hall–Kier alpha value is -1.36. The maximum Gasteiger partial charge on any atom is 0.233 e. The Morgan fingerprint density at radius 2 is 1.97 bits per heavy atom. The number of hydrogen-bond acceptors (Lipinski definition) is 8. The number of aryl methyl sites for hydroxylation is 2. The molecule has 0 spiro atoms. The summed E-state index contributed by atoms with van der Waals surface area (Å²) < 4.78 is 7.43. The molecule has 1 aliphatic heterocycles. The summed E-state index contributed by atoms with van der Waals surface area (Å²) in [5.41, 5.74) is 2.30. The van der Waals surface area contributed by atoms with E-state index in [2.05, 4.69) is 28.4 Å². The quantitative estimate of drug-likeness (QED) is 0.422. The first-order chi connectivity index (χ1) is 14.6. The summed E-state index contributed by atoms with van der Waals surface area (Å²) in [4.78, 5) is 22.1. The maximum absolute atomic E-state index is 12.6. The molecule has 0 unspecified atom stereocenters. The molecular weight excluding hydrogens is 438 g/mol. The molecule has 30 heavy (non-hydrogen) atoms. The monoisotopic (exact) mass is 463 g/mol. The van der Waals surface area contributed by atoms with Crippen LogP contribution in [0.1, 0.15) is 37.1 Å². The summed E-state index contributed by atoms with van der Waals surface area (Å²) in [6, 6.07) is 0. The van der Waals surface area contributed by atoms with Crippen molar-refractivity contribution in [2.24, 2.45) is 0 Å². The van der Waals surface area contributed by atoms with E-state index >= 15 is 0 Å².